The maximum absolute atomic E-state index is 11.9. The number of carbonyl (C=O) groups is 1. The summed E-state index contributed by atoms with van der Waals surface area (Å²) in [6.07, 6.45) is 2.67. The number of hydrogen-bond acceptors (Lipinski definition) is 4. The largest absolute Gasteiger partial charge is 0.477 e. The molecule has 0 radical (unpaired) electrons. The summed E-state index contributed by atoms with van der Waals surface area (Å²) in [6, 6.07) is 1.29. The van der Waals surface area contributed by atoms with Gasteiger partial charge in [0.25, 0.3) is 0 Å². The van der Waals surface area contributed by atoms with Crippen molar-refractivity contribution < 1.29 is 18.3 Å². The highest BCUT2D eigenvalue weighted by Crippen LogP contribution is 2.25. The Balaban J connectivity index is 2.27. The molecule has 0 spiro atoms. The Morgan fingerprint density at radius 2 is 2.19 bits per heavy atom. The predicted molar refractivity (Wildman–Crippen MR) is 59.2 cm³/mol. The molecule has 7 heteroatoms. The fraction of sp³-hybridized carbons (Fsp3) is 0.444. The lowest BCUT2D eigenvalue weighted by molar-refractivity contribution is 0.0698. The van der Waals surface area contributed by atoms with Crippen LogP contribution in [0, 0.1) is 0 Å². The summed E-state index contributed by atoms with van der Waals surface area (Å²) in [5.74, 6) is -1.20. The van der Waals surface area contributed by atoms with Crippen LogP contribution in [0.2, 0.25) is 0 Å². The quantitative estimate of drug-likeness (QED) is 0.855. The monoisotopic (exact) mass is 261 g/mol. The van der Waals surface area contributed by atoms with E-state index in [1.54, 1.807) is 0 Å². The van der Waals surface area contributed by atoms with E-state index in [0.29, 0.717) is 0 Å². The van der Waals surface area contributed by atoms with E-state index >= 15 is 0 Å². The molecule has 5 nitrogen and oxygen atoms in total. The van der Waals surface area contributed by atoms with Crippen molar-refractivity contribution >= 4 is 27.3 Å². The van der Waals surface area contributed by atoms with Crippen molar-refractivity contribution in [2.75, 3.05) is 0 Å². The molecule has 88 valence electrons. The lowest BCUT2D eigenvalue weighted by Crippen LogP contribution is -2.39. The van der Waals surface area contributed by atoms with Gasteiger partial charge in [-0.15, -0.1) is 11.3 Å². The van der Waals surface area contributed by atoms with Crippen LogP contribution in [0.5, 0.6) is 0 Å². The molecule has 1 aromatic rings. The Kier molecular flexibility index (Phi) is 3.00. The Bertz CT molecular complexity index is 501. The molecule has 0 bridgehead atoms. The number of thiophene rings is 1. The van der Waals surface area contributed by atoms with Gasteiger partial charge in [-0.05, 0) is 24.3 Å². The zero-order valence-electron chi connectivity index (χ0n) is 8.34. The van der Waals surface area contributed by atoms with Crippen molar-refractivity contribution in [3.8, 4) is 0 Å². The third-order valence-electron chi connectivity index (χ3n) is 2.54. The molecule has 0 saturated heterocycles. The second-order valence-corrected chi connectivity index (χ2v) is 6.27. The van der Waals surface area contributed by atoms with Gasteiger partial charge >= 0.3 is 5.97 Å². The molecule has 0 aromatic carbocycles. The van der Waals surface area contributed by atoms with Crippen LogP contribution in [0.3, 0.4) is 0 Å². The van der Waals surface area contributed by atoms with Gasteiger partial charge < -0.3 is 5.11 Å². The first kappa shape index (κ1) is 11.6. The molecular weight excluding hydrogens is 250 g/mol. The summed E-state index contributed by atoms with van der Waals surface area (Å²) >= 11 is 0.919. The van der Waals surface area contributed by atoms with E-state index in [-0.39, 0.29) is 15.8 Å². The van der Waals surface area contributed by atoms with Gasteiger partial charge in [-0.3, -0.25) is 0 Å². The number of hydrogen-bond donors (Lipinski definition) is 2. The fourth-order valence-electron chi connectivity index (χ4n) is 1.47. The van der Waals surface area contributed by atoms with E-state index in [2.05, 4.69) is 4.72 Å². The molecular formula is C9H11NO4S2. The highest BCUT2D eigenvalue weighted by molar-refractivity contribution is 7.89. The highest BCUT2D eigenvalue weighted by atomic mass is 32.2. The Hall–Kier alpha value is -0.920. The van der Waals surface area contributed by atoms with Crippen LogP contribution >= 0.6 is 11.3 Å². The smallest absolute Gasteiger partial charge is 0.347 e. The molecule has 2 N–H and O–H groups in total. The maximum Gasteiger partial charge on any atom is 0.347 e. The second-order valence-electron chi connectivity index (χ2n) is 3.67. The van der Waals surface area contributed by atoms with Crippen LogP contribution in [0.1, 0.15) is 28.9 Å². The van der Waals surface area contributed by atoms with Gasteiger partial charge in [0.2, 0.25) is 10.0 Å². The SMILES string of the molecule is O=C(O)c1sccc1S(=O)(=O)NC1CCC1. The van der Waals surface area contributed by atoms with E-state index in [1.807, 2.05) is 0 Å². The molecule has 0 amide bonds. The summed E-state index contributed by atoms with van der Waals surface area (Å²) in [4.78, 5) is 10.6. The first-order valence-corrected chi connectivity index (χ1v) is 7.20. The predicted octanol–water partition coefficient (Wildman–Crippen LogP) is 1.28. The van der Waals surface area contributed by atoms with Gasteiger partial charge in [-0.1, -0.05) is 6.42 Å². The zero-order chi connectivity index (χ0) is 11.8. The van der Waals surface area contributed by atoms with Crippen LogP contribution in [0.4, 0.5) is 0 Å². The van der Waals surface area contributed by atoms with Crippen molar-refractivity contribution in [3.63, 3.8) is 0 Å². The number of sulfonamides is 1. The van der Waals surface area contributed by atoms with Crippen molar-refractivity contribution in [2.45, 2.75) is 30.2 Å². The Morgan fingerprint density at radius 1 is 1.50 bits per heavy atom. The molecule has 1 saturated carbocycles. The summed E-state index contributed by atoms with van der Waals surface area (Å²) in [7, 11) is -3.67. The molecule has 1 heterocycles. The lowest BCUT2D eigenvalue weighted by Gasteiger charge is -2.25. The molecule has 16 heavy (non-hydrogen) atoms. The van der Waals surface area contributed by atoms with Crippen molar-refractivity contribution in [3.05, 3.63) is 16.3 Å². The summed E-state index contributed by atoms with van der Waals surface area (Å²) < 4.78 is 26.2. The van der Waals surface area contributed by atoms with E-state index in [1.165, 1.54) is 11.4 Å². The summed E-state index contributed by atoms with van der Waals surface area (Å²) in [5.41, 5.74) is 0. The first-order valence-electron chi connectivity index (χ1n) is 4.84. The van der Waals surface area contributed by atoms with E-state index in [4.69, 9.17) is 5.11 Å². The van der Waals surface area contributed by atoms with Gasteiger partial charge in [0.15, 0.2) is 0 Å². The molecule has 0 unspecified atom stereocenters. The molecule has 0 atom stereocenters. The average Bonchev–Trinajstić information content (AvgIpc) is 2.60. The summed E-state index contributed by atoms with van der Waals surface area (Å²) in [5, 5.41) is 10.3. The fourth-order valence-corrected chi connectivity index (χ4v) is 4.04. The molecule has 0 aliphatic heterocycles. The van der Waals surface area contributed by atoms with E-state index in [0.717, 1.165) is 30.6 Å². The second kappa shape index (κ2) is 4.15. The minimum atomic E-state index is -3.67. The average molecular weight is 261 g/mol. The van der Waals surface area contributed by atoms with E-state index in [9.17, 15) is 13.2 Å². The van der Waals surface area contributed by atoms with Gasteiger partial charge in [-0.25, -0.2) is 17.9 Å². The van der Waals surface area contributed by atoms with Crippen molar-refractivity contribution in [1.82, 2.24) is 4.72 Å². The first-order chi connectivity index (χ1) is 7.50. The number of carboxylic acids is 1. The number of nitrogens with one attached hydrogen (secondary N) is 1. The van der Waals surface area contributed by atoms with Crippen LogP contribution < -0.4 is 4.72 Å². The Morgan fingerprint density at radius 3 is 2.69 bits per heavy atom. The molecule has 1 aliphatic carbocycles. The molecule has 2 rings (SSSR count). The highest BCUT2D eigenvalue weighted by Gasteiger charge is 2.28. The van der Waals surface area contributed by atoms with Gasteiger partial charge in [0.1, 0.15) is 9.77 Å². The normalized spacial score (nSPS) is 17.0. The molecule has 1 aliphatic rings. The molecule has 1 aromatic heterocycles. The number of aromatic carboxylic acids is 1. The standard InChI is InChI=1S/C9H11NO4S2/c11-9(12)8-7(4-5-15-8)16(13,14)10-6-2-1-3-6/h4-6,10H,1-3H2,(H,11,12). The van der Waals surface area contributed by atoms with Crippen LogP contribution in [-0.4, -0.2) is 25.5 Å². The van der Waals surface area contributed by atoms with E-state index < -0.39 is 16.0 Å². The number of carboxylic acid groups (broad SMARTS) is 1. The Labute approximate surface area is 97.2 Å². The topological polar surface area (TPSA) is 83.5 Å². The summed E-state index contributed by atoms with van der Waals surface area (Å²) in [6.45, 7) is 0. The van der Waals surface area contributed by atoms with Crippen LogP contribution in [-0.2, 0) is 10.0 Å². The van der Waals surface area contributed by atoms with Gasteiger partial charge in [-0.2, -0.15) is 0 Å². The maximum atomic E-state index is 11.9. The molecule has 1 fully saturated rings. The number of rotatable bonds is 4. The van der Waals surface area contributed by atoms with Crippen LogP contribution in [0.15, 0.2) is 16.3 Å². The third-order valence-corrected chi connectivity index (χ3v) is 5.13. The third kappa shape index (κ3) is 2.11. The van der Waals surface area contributed by atoms with Crippen LogP contribution in [0.25, 0.3) is 0 Å². The minimum absolute atomic E-state index is 0.0356. The van der Waals surface area contributed by atoms with Gasteiger partial charge in [0.05, 0.1) is 0 Å². The minimum Gasteiger partial charge on any atom is -0.477 e. The van der Waals surface area contributed by atoms with Crippen molar-refractivity contribution in [2.24, 2.45) is 0 Å². The zero-order valence-corrected chi connectivity index (χ0v) is 9.97. The lowest BCUT2D eigenvalue weighted by atomic mass is 9.94. The van der Waals surface area contributed by atoms with Gasteiger partial charge in [0, 0.05) is 6.04 Å². The van der Waals surface area contributed by atoms with Crippen molar-refractivity contribution in [1.29, 1.82) is 0 Å².